The Balaban J connectivity index is 1.45. The van der Waals surface area contributed by atoms with Crippen molar-refractivity contribution >= 4 is 16.9 Å². The number of rotatable bonds is 5. The molecule has 2 aromatic heterocycles. The first-order valence-electron chi connectivity index (χ1n) is 10.4. The minimum absolute atomic E-state index is 0.113. The largest absolute Gasteiger partial charge is 0.457 e. The molecule has 0 bridgehead atoms. The number of carbonyl (C=O) groups is 1. The fourth-order valence-corrected chi connectivity index (χ4v) is 3.85. The summed E-state index contributed by atoms with van der Waals surface area (Å²) in [5.41, 5.74) is 3.61. The van der Waals surface area contributed by atoms with Crippen molar-refractivity contribution in [2.45, 2.75) is 6.42 Å². The van der Waals surface area contributed by atoms with Gasteiger partial charge < -0.3 is 19.4 Å². The highest BCUT2D eigenvalue weighted by molar-refractivity contribution is 5.90. The molecule has 2 aromatic carbocycles. The average Bonchev–Trinajstić information content (AvgIpc) is 3.22. The van der Waals surface area contributed by atoms with Crippen molar-refractivity contribution in [2.75, 3.05) is 26.3 Å². The molecule has 1 amide bonds. The lowest BCUT2D eigenvalue weighted by molar-refractivity contribution is -0.134. The van der Waals surface area contributed by atoms with Gasteiger partial charge in [-0.25, -0.2) is 4.98 Å². The van der Waals surface area contributed by atoms with E-state index in [1.807, 2.05) is 71.9 Å². The molecule has 3 heterocycles. The number of benzene rings is 2. The number of aromatic nitrogens is 2. The van der Waals surface area contributed by atoms with Crippen molar-refractivity contribution < 1.29 is 14.3 Å². The van der Waals surface area contributed by atoms with Gasteiger partial charge in [0.05, 0.1) is 19.6 Å². The van der Waals surface area contributed by atoms with E-state index in [2.05, 4.69) is 16.0 Å². The Labute approximate surface area is 180 Å². The summed E-state index contributed by atoms with van der Waals surface area (Å²) < 4.78 is 11.5. The van der Waals surface area contributed by atoms with Gasteiger partial charge in [-0.3, -0.25) is 4.79 Å². The molecule has 1 saturated heterocycles. The third-order valence-electron chi connectivity index (χ3n) is 5.49. The lowest BCUT2D eigenvalue weighted by Gasteiger charge is -2.26. The topological polar surface area (TPSA) is 67.5 Å². The molecule has 31 heavy (non-hydrogen) atoms. The van der Waals surface area contributed by atoms with Gasteiger partial charge in [0.2, 0.25) is 5.91 Å². The first-order chi connectivity index (χ1) is 15.3. The maximum absolute atomic E-state index is 12.7. The monoisotopic (exact) mass is 413 g/mol. The molecule has 1 fully saturated rings. The smallest absolute Gasteiger partial charge is 0.227 e. The number of ether oxygens (including phenoxy) is 2. The van der Waals surface area contributed by atoms with Crippen LogP contribution in [0.3, 0.4) is 0 Å². The van der Waals surface area contributed by atoms with Crippen LogP contribution >= 0.6 is 0 Å². The molecule has 0 saturated carbocycles. The van der Waals surface area contributed by atoms with Crippen LogP contribution in [-0.2, 0) is 16.0 Å². The Morgan fingerprint density at radius 3 is 2.68 bits per heavy atom. The lowest BCUT2D eigenvalue weighted by atomic mass is 10.0. The van der Waals surface area contributed by atoms with Gasteiger partial charge >= 0.3 is 0 Å². The Kier molecular flexibility index (Phi) is 5.37. The van der Waals surface area contributed by atoms with Crippen LogP contribution in [0.5, 0.6) is 11.5 Å². The van der Waals surface area contributed by atoms with Gasteiger partial charge in [-0.2, -0.15) is 0 Å². The second kappa shape index (κ2) is 8.62. The summed E-state index contributed by atoms with van der Waals surface area (Å²) in [7, 11) is 0. The molecule has 6 heteroatoms. The van der Waals surface area contributed by atoms with E-state index >= 15 is 0 Å². The van der Waals surface area contributed by atoms with Crippen molar-refractivity contribution in [3.8, 4) is 22.6 Å². The van der Waals surface area contributed by atoms with E-state index in [-0.39, 0.29) is 5.91 Å². The third-order valence-corrected chi connectivity index (χ3v) is 5.49. The van der Waals surface area contributed by atoms with Gasteiger partial charge in [-0.15, -0.1) is 0 Å². The minimum Gasteiger partial charge on any atom is -0.457 e. The van der Waals surface area contributed by atoms with Crippen LogP contribution < -0.4 is 4.74 Å². The lowest BCUT2D eigenvalue weighted by Crippen LogP contribution is -2.41. The van der Waals surface area contributed by atoms with Crippen LogP contribution in [0.1, 0.15) is 5.56 Å². The number of aromatic amines is 1. The molecule has 6 nitrogen and oxygen atoms in total. The Morgan fingerprint density at radius 1 is 1.06 bits per heavy atom. The summed E-state index contributed by atoms with van der Waals surface area (Å²) in [5.74, 6) is 1.65. The highest BCUT2D eigenvalue weighted by Crippen LogP contribution is 2.34. The molecule has 4 aromatic rings. The molecule has 156 valence electrons. The number of nitrogens with zero attached hydrogens (tertiary/aromatic N) is 2. The van der Waals surface area contributed by atoms with Crippen molar-refractivity contribution in [1.29, 1.82) is 0 Å². The minimum atomic E-state index is 0.113. The molecule has 5 rings (SSSR count). The Hall–Kier alpha value is -3.64. The Morgan fingerprint density at radius 2 is 1.84 bits per heavy atom. The molecular weight excluding hydrogens is 390 g/mol. The number of carbonyl (C=O) groups excluding carboxylic acids is 1. The molecule has 0 unspecified atom stereocenters. The van der Waals surface area contributed by atoms with E-state index in [1.54, 1.807) is 0 Å². The van der Waals surface area contributed by atoms with E-state index in [1.165, 1.54) is 0 Å². The summed E-state index contributed by atoms with van der Waals surface area (Å²) in [4.78, 5) is 22.4. The number of hydrogen-bond acceptors (Lipinski definition) is 4. The van der Waals surface area contributed by atoms with E-state index < -0.39 is 0 Å². The maximum Gasteiger partial charge on any atom is 0.227 e. The number of pyridine rings is 1. The van der Waals surface area contributed by atoms with Crippen LogP contribution in [0.25, 0.3) is 22.2 Å². The zero-order chi connectivity index (χ0) is 21.0. The zero-order valence-corrected chi connectivity index (χ0v) is 17.1. The van der Waals surface area contributed by atoms with E-state index in [0.29, 0.717) is 32.7 Å². The average molecular weight is 413 g/mol. The first kappa shape index (κ1) is 19.3. The number of amides is 1. The summed E-state index contributed by atoms with van der Waals surface area (Å²) in [5, 5.41) is 0.952. The molecule has 1 aliphatic rings. The molecule has 1 N–H and O–H groups in total. The van der Waals surface area contributed by atoms with E-state index in [4.69, 9.17) is 9.47 Å². The third kappa shape index (κ3) is 4.15. The molecular formula is C25H23N3O3. The van der Waals surface area contributed by atoms with Crippen molar-refractivity contribution in [2.24, 2.45) is 0 Å². The Bertz CT molecular complexity index is 1200. The predicted molar refractivity (Wildman–Crippen MR) is 119 cm³/mol. The van der Waals surface area contributed by atoms with Gasteiger partial charge in [-0.1, -0.05) is 36.4 Å². The van der Waals surface area contributed by atoms with Crippen molar-refractivity contribution in [3.05, 3.63) is 78.6 Å². The predicted octanol–water partition coefficient (Wildman–Crippen LogP) is 4.42. The van der Waals surface area contributed by atoms with Gasteiger partial charge in [0.15, 0.2) is 0 Å². The molecule has 0 aliphatic carbocycles. The normalized spacial score (nSPS) is 14.0. The summed E-state index contributed by atoms with van der Waals surface area (Å²) in [6.07, 6.45) is 4.05. The van der Waals surface area contributed by atoms with Gasteiger partial charge in [0.25, 0.3) is 0 Å². The van der Waals surface area contributed by atoms with Gasteiger partial charge in [-0.05, 0) is 29.8 Å². The van der Waals surface area contributed by atoms with Crippen LogP contribution in [0.15, 0.2) is 73.1 Å². The quantitative estimate of drug-likeness (QED) is 0.526. The first-order valence-corrected chi connectivity index (χ1v) is 10.4. The van der Waals surface area contributed by atoms with E-state index in [0.717, 1.165) is 39.2 Å². The summed E-state index contributed by atoms with van der Waals surface area (Å²) in [6, 6.07) is 19.7. The number of fused-ring (bicyclic) bond motifs is 1. The summed E-state index contributed by atoms with van der Waals surface area (Å²) in [6.45, 7) is 2.50. The van der Waals surface area contributed by atoms with Crippen molar-refractivity contribution in [1.82, 2.24) is 14.9 Å². The van der Waals surface area contributed by atoms with Crippen LogP contribution in [0.4, 0.5) is 0 Å². The molecule has 0 atom stereocenters. The number of nitrogens with one attached hydrogen (secondary N) is 1. The molecule has 0 spiro atoms. The highest BCUT2D eigenvalue weighted by atomic mass is 16.5. The molecule has 1 aliphatic heterocycles. The second-order valence-electron chi connectivity index (χ2n) is 7.52. The number of para-hydroxylation sites is 2. The fourth-order valence-electron chi connectivity index (χ4n) is 3.85. The van der Waals surface area contributed by atoms with Gasteiger partial charge in [0, 0.05) is 42.0 Å². The second-order valence-corrected chi connectivity index (χ2v) is 7.52. The molecule has 0 radical (unpaired) electrons. The number of morpholine rings is 1. The standard InChI is InChI=1S/C25H23N3O3/c29-24(28-10-12-30-13-11-28)15-19-17-27-25-22(19)14-18(16-26-25)21-8-4-5-9-23(21)31-20-6-2-1-3-7-20/h1-9,14,16-17H,10-13,15H2,(H,26,27). The van der Waals surface area contributed by atoms with Crippen LogP contribution in [0, 0.1) is 0 Å². The maximum atomic E-state index is 12.7. The highest BCUT2D eigenvalue weighted by Gasteiger charge is 2.19. The fraction of sp³-hybridized carbons (Fsp3) is 0.200. The van der Waals surface area contributed by atoms with Crippen LogP contribution in [0.2, 0.25) is 0 Å². The van der Waals surface area contributed by atoms with Crippen LogP contribution in [-0.4, -0.2) is 47.1 Å². The number of H-pyrrole nitrogens is 1. The van der Waals surface area contributed by atoms with Crippen molar-refractivity contribution in [3.63, 3.8) is 0 Å². The van der Waals surface area contributed by atoms with Gasteiger partial charge in [0.1, 0.15) is 17.1 Å². The zero-order valence-electron chi connectivity index (χ0n) is 17.1. The number of hydrogen-bond donors (Lipinski definition) is 1. The SMILES string of the molecule is O=C(Cc1c[nH]c2ncc(-c3ccccc3Oc3ccccc3)cc12)N1CCOCC1. The van der Waals surface area contributed by atoms with E-state index in [9.17, 15) is 4.79 Å². The summed E-state index contributed by atoms with van der Waals surface area (Å²) >= 11 is 0.